The number of thiophene rings is 1. The molecule has 0 spiro atoms. The highest BCUT2D eigenvalue weighted by molar-refractivity contribution is 7.12. The van der Waals surface area contributed by atoms with Gasteiger partial charge in [0.1, 0.15) is 5.82 Å². The Morgan fingerprint density at radius 2 is 1.95 bits per heavy atom. The zero-order valence-corrected chi connectivity index (χ0v) is 12.4. The first-order chi connectivity index (χ1) is 9.10. The molecule has 0 aliphatic heterocycles. The van der Waals surface area contributed by atoms with Crippen LogP contribution in [0.5, 0.6) is 0 Å². The van der Waals surface area contributed by atoms with E-state index in [9.17, 15) is 4.39 Å². The molecule has 1 aromatic carbocycles. The number of rotatable bonds is 5. The van der Waals surface area contributed by atoms with Gasteiger partial charge in [-0.1, -0.05) is 19.1 Å². The fraction of sp³-hybridized carbons (Fsp3) is 0.375. The summed E-state index contributed by atoms with van der Waals surface area (Å²) < 4.78 is 13.2. The highest BCUT2D eigenvalue weighted by Crippen LogP contribution is 2.26. The Hall–Kier alpha value is -1.19. The molecule has 1 nitrogen and oxygen atoms in total. The molecule has 0 radical (unpaired) electrons. The van der Waals surface area contributed by atoms with Crippen molar-refractivity contribution in [3.8, 4) is 0 Å². The zero-order chi connectivity index (χ0) is 13.8. The maximum atomic E-state index is 13.2. The Labute approximate surface area is 118 Å². The molecule has 2 rings (SSSR count). The molecule has 0 bridgehead atoms. The quantitative estimate of drug-likeness (QED) is 0.823. The van der Waals surface area contributed by atoms with E-state index in [2.05, 4.69) is 38.2 Å². The summed E-state index contributed by atoms with van der Waals surface area (Å²) in [5.41, 5.74) is 0.985. The van der Waals surface area contributed by atoms with Crippen molar-refractivity contribution in [2.45, 2.75) is 39.3 Å². The molecule has 0 saturated carbocycles. The molecule has 1 heterocycles. The Balaban J connectivity index is 2.03. The summed E-state index contributed by atoms with van der Waals surface area (Å²) in [6.45, 7) is 6.39. The second-order valence-electron chi connectivity index (χ2n) is 4.82. The smallest absolute Gasteiger partial charge is 0.123 e. The molecular weight excluding hydrogens is 257 g/mol. The molecule has 19 heavy (non-hydrogen) atoms. The van der Waals surface area contributed by atoms with E-state index in [4.69, 9.17) is 0 Å². The summed E-state index contributed by atoms with van der Waals surface area (Å²) in [5, 5.41) is 3.52. The van der Waals surface area contributed by atoms with Crippen molar-refractivity contribution in [1.29, 1.82) is 0 Å². The van der Waals surface area contributed by atoms with Gasteiger partial charge in [0.05, 0.1) is 0 Å². The van der Waals surface area contributed by atoms with Gasteiger partial charge >= 0.3 is 0 Å². The van der Waals surface area contributed by atoms with E-state index in [1.54, 1.807) is 12.1 Å². The molecule has 0 aliphatic rings. The topological polar surface area (TPSA) is 12.0 Å². The van der Waals surface area contributed by atoms with Crippen LogP contribution in [0.15, 0.2) is 36.4 Å². The number of halogens is 1. The second kappa shape index (κ2) is 6.31. The summed E-state index contributed by atoms with van der Waals surface area (Å²) in [5.74, 6) is -0.178. The summed E-state index contributed by atoms with van der Waals surface area (Å²) in [4.78, 5) is 2.74. The standard InChI is InChI=1S/C16H20FNS/c1-4-15-8-9-16(19-15)12(3)18-11(2)13-6-5-7-14(17)10-13/h5-12,18H,4H2,1-3H3/t11-,12?/m0/s1. The molecule has 1 aromatic heterocycles. The fourth-order valence-electron chi connectivity index (χ4n) is 2.15. The molecule has 0 fully saturated rings. The third-order valence-corrected chi connectivity index (χ3v) is 4.72. The lowest BCUT2D eigenvalue weighted by atomic mass is 10.1. The van der Waals surface area contributed by atoms with Crippen molar-refractivity contribution in [2.24, 2.45) is 0 Å². The van der Waals surface area contributed by atoms with E-state index in [-0.39, 0.29) is 17.9 Å². The summed E-state index contributed by atoms with van der Waals surface area (Å²) >= 11 is 1.84. The molecule has 1 unspecified atom stereocenters. The van der Waals surface area contributed by atoms with Crippen molar-refractivity contribution < 1.29 is 4.39 Å². The Bertz CT molecular complexity index is 535. The normalized spacial score (nSPS) is 14.3. The number of hydrogen-bond donors (Lipinski definition) is 1. The summed E-state index contributed by atoms with van der Waals surface area (Å²) in [7, 11) is 0. The van der Waals surface area contributed by atoms with Crippen LogP contribution in [-0.2, 0) is 6.42 Å². The number of nitrogens with one attached hydrogen (secondary N) is 1. The predicted octanol–water partition coefficient (Wildman–Crippen LogP) is 4.86. The van der Waals surface area contributed by atoms with E-state index >= 15 is 0 Å². The van der Waals surface area contributed by atoms with Crippen LogP contribution in [0, 0.1) is 5.82 Å². The maximum absolute atomic E-state index is 13.2. The van der Waals surface area contributed by atoms with Gasteiger partial charge in [-0.15, -0.1) is 11.3 Å². The van der Waals surface area contributed by atoms with E-state index in [0.29, 0.717) is 0 Å². The van der Waals surface area contributed by atoms with Crippen LogP contribution >= 0.6 is 11.3 Å². The minimum atomic E-state index is -0.178. The van der Waals surface area contributed by atoms with Gasteiger partial charge in [0.25, 0.3) is 0 Å². The van der Waals surface area contributed by atoms with Crippen LogP contribution in [0.4, 0.5) is 4.39 Å². The van der Waals surface area contributed by atoms with E-state index in [0.717, 1.165) is 12.0 Å². The lowest BCUT2D eigenvalue weighted by molar-refractivity contribution is 0.497. The van der Waals surface area contributed by atoms with Crippen LogP contribution in [0.3, 0.4) is 0 Å². The second-order valence-corrected chi connectivity index (χ2v) is 6.02. The van der Waals surface area contributed by atoms with Gasteiger partial charge in [-0.2, -0.15) is 0 Å². The molecular formula is C16H20FNS. The van der Waals surface area contributed by atoms with Gasteiger partial charge < -0.3 is 5.32 Å². The van der Waals surface area contributed by atoms with Crippen LogP contribution in [-0.4, -0.2) is 0 Å². The molecule has 0 saturated heterocycles. The SMILES string of the molecule is CCc1ccc(C(C)N[C@@H](C)c2cccc(F)c2)s1. The monoisotopic (exact) mass is 277 g/mol. The fourth-order valence-corrected chi connectivity index (χ4v) is 3.11. The first-order valence-corrected chi connectivity index (χ1v) is 7.52. The lowest BCUT2D eigenvalue weighted by Gasteiger charge is -2.19. The van der Waals surface area contributed by atoms with Gasteiger partial charge in [0.15, 0.2) is 0 Å². The predicted molar refractivity (Wildman–Crippen MR) is 80.1 cm³/mol. The molecule has 0 amide bonds. The summed E-state index contributed by atoms with van der Waals surface area (Å²) in [6, 6.07) is 11.6. The molecule has 102 valence electrons. The molecule has 3 heteroatoms. The van der Waals surface area contributed by atoms with Crippen molar-refractivity contribution in [2.75, 3.05) is 0 Å². The average Bonchev–Trinajstić information content (AvgIpc) is 2.87. The highest BCUT2D eigenvalue weighted by atomic mass is 32.1. The third kappa shape index (κ3) is 3.64. The first-order valence-electron chi connectivity index (χ1n) is 6.70. The Kier molecular flexibility index (Phi) is 4.72. The highest BCUT2D eigenvalue weighted by Gasteiger charge is 2.13. The molecule has 0 aliphatic carbocycles. The van der Waals surface area contributed by atoms with Crippen LogP contribution < -0.4 is 5.32 Å². The lowest BCUT2D eigenvalue weighted by Crippen LogP contribution is -2.21. The van der Waals surface area contributed by atoms with Crippen molar-refractivity contribution in [3.63, 3.8) is 0 Å². The Morgan fingerprint density at radius 3 is 2.58 bits per heavy atom. The van der Waals surface area contributed by atoms with Crippen molar-refractivity contribution in [3.05, 3.63) is 57.5 Å². The van der Waals surface area contributed by atoms with Gasteiger partial charge in [-0.05, 0) is 50.1 Å². The zero-order valence-electron chi connectivity index (χ0n) is 11.6. The van der Waals surface area contributed by atoms with Gasteiger partial charge in [-0.25, -0.2) is 4.39 Å². The summed E-state index contributed by atoms with van der Waals surface area (Å²) in [6.07, 6.45) is 1.08. The largest absolute Gasteiger partial charge is 0.303 e. The molecule has 1 N–H and O–H groups in total. The van der Waals surface area contributed by atoms with Crippen molar-refractivity contribution >= 4 is 11.3 Å². The average molecular weight is 277 g/mol. The first kappa shape index (κ1) is 14.2. The minimum absolute atomic E-state index is 0.137. The maximum Gasteiger partial charge on any atom is 0.123 e. The van der Waals surface area contributed by atoms with Crippen LogP contribution in [0.1, 0.15) is 48.2 Å². The molecule has 2 atom stereocenters. The van der Waals surface area contributed by atoms with E-state index in [1.165, 1.54) is 15.8 Å². The third-order valence-electron chi connectivity index (χ3n) is 3.31. The minimum Gasteiger partial charge on any atom is -0.303 e. The number of hydrogen-bond acceptors (Lipinski definition) is 2. The number of benzene rings is 1. The van der Waals surface area contributed by atoms with E-state index < -0.39 is 0 Å². The van der Waals surface area contributed by atoms with Gasteiger partial charge in [0, 0.05) is 21.8 Å². The van der Waals surface area contributed by atoms with Gasteiger partial charge in [0.2, 0.25) is 0 Å². The van der Waals surface area contributed by atoms with E-state index in [1.807, 2.05) is 17.4 Å². The van der Waals surface area contributed by atoms with Crippen LogP contribution in [0.2, 0.25) is 0 Å². The Morgan fingerprint density at radius 1 is 1.16 bits per heavy atom. The number of aryl methyl sites for hydroxylation is 1. The van der Waals surface area contributed by atoms with Crippen molar-refractivity contribution in [1.82, 2.24) is 5.32 Å². The van der Waals surface area contributed by atoms with Gasteiger partial charge in [-0.3, -0.25) is 0 Å². The van der Waals surface area contributed by atoms with Crippen LogP contribution in [0.25, 0.3) is 0 Å². The molecule has 2 aromatic rings.